The number of nitrogens with one attached hydrogen (secondary N) is 1. The van der Waals surface area contributed by atoms with Crippen molar-refractivity contribution in [3.05, 3.63) is 57.3 Å². The molecule has 0 saturated carbocycles. The first-order chi connectivity index (χ1) is 9.31. The van der Waals surface area contributed by atoms with Gasteiger partial charge in [-0.1, -0.05) is 24.3 Å². The van der Waals surface area contributed by atoms with Crippen LogP contribution in [0.4, 0.5) is 0 Å². The van der Waals surface area contributed by atoms with Gasteiger partial charge in [0, 0.05) is 25.1 Å². The number of hydrogen-bond acceptors (Lipinski definition) is 4. The van der Waals surface area contributed by atoms with E-state index in [4.69, 9.17) is 10.00 Å². The Hall–Kier alpha value is -1.67. The number of benzene rings is 1. The van der Waals surface area contributed by atoms with Crippen molar-refractivity contribution in [2.24, 2.45) is 0 Å². The molecule has 0 fully saturated rings. The highest BCUT2D eigenvalue weighted by Crippen LogP contribution is 2.15. The molecule has 4 heteroatoms. The summed E-state index contributed by atoms with van der Waals surface area (Å²) in [7, 11) is 1.70. The predicted molar refractivity (Wildman–Crippen MR) is 76.7 cm³/mol. The highest BCUT2D eigenvalue weighted by Gasteiger charge is 2.00. The molecule has 0 amide bonds. The summed E-state index contributed by atoms with van der Waals surface area (Å²) < 4.78 is 5.12. The topological polar surface area (TPSA) is 45.0 Å². The fourth-order valence-electron chi connectivity index (χ4n) is 1.86. The van der Waals surface area contributed by atoms with Gasteiger partial charge < -0.3 is 10.1 Å². The maximum atomic E-state index is 8.76. The molecular weight excluding hydrogens is 256 g/mol. The third-order valence-electron chi connectivity index (χ3n) is 2.70. The highest BCUT2D eigenvalue weighted by molar-refractivity contribution is 7.12. The molecule has 0 saturated heterocycles. The smallest absolute Gasteiger partial charge is 0.110 e. The first-order valence-corrected chi connectivity index (χ1v) is 6.90. The predicted octanol–water partition coefficient (Wildman–Crippen LogP) is 3.06. The van der Waals surface area contributed by atoms with Crippen molar-refractivity contribution in [3.8, 4) is 6.07 Å². The van der Waals surface area contributed by atoms with E-state index in [0.717, 1.165) is 18.0 Å². The van der Waals surface area contributed by atoms with Crippen molar-refractivity contribution in [2.75, 3.05) is 7.11 Å². The SMILES string of the molecule is COCc1cccc(CNCc2ccc(C#N)s2)c1. The molecule has 2 aromatic rings. The van der Waals surface area contributed by atoms with Crippen LogP contribution in [-0.4, -0.2) is 7.11 Å². The number of nitrogens with zero attached hydrogens (tertiary/aromatic N) is 1. The zero-order valence-electron chi connectivity index (χ0n) is 10.8. The molecule has 0 aliphatic carbocycles. The van der Waals surface area contributed by atoms with Crippen LogP contribution in [0.5, 0.6) is 0 Å². The standard InChI is InChI=1S/C15H16N2OS/c1-18-11-13-4-2-3-12(7-13)9-17-10-15-6-5-14(8-16)19-15/h2-7,17H,9-11H2,1H3. The fraction of sp³-hybridized carbons (Fsp3) is 0.267. The summed E-state index contributed by atoms with van der Waals surface area (Å²) >= 11 is 1.54. The summed E-state index contributed by atoms with van der Waals surface area (Å²) in [6.07, 6.45) is 0. The minimum absolute atomic E-state index is 0.643. The monoisotopic (exact) mass is 272 g/mol. The Labute approximate surface area is 117 Å². The second-order valence-electron chi connectivity index (χ2n) is 4.23. The first-order valence-electron chi connectivity index (χ1n) is 6.08. The second kappa shape index (κ2) is 7.05. The molecule has 0 unspecified atom stereocenters. The lowest BCUT2D eigenvalue weighted by molar-refractivity contribution is 0.185. The van der Waals surface area contributed by atoms with Gasteiger partial charge in [-0.3, -0.25) is 0 Å². The summed E-state index contributed by atoms with van der Waals surface area (Å²) in [4.78, 5) is 1.95. The molecule has 0 aliphatic rings. The van der Waals surface area contributed by atoms with E-state index < -0.39 is 0 Å². The fourth-order valence-corrected chi connectivity index (χ4v) is 2.63. The van der Waals surface area contributed by atoms with Crippen LogP contribution in [0.3, 0.4) is 0 Å². The van der Waals surface area contributed by atoms with Gasteiger partial charge in [0.2, 0.25) is 0 Å². The number of ether oxygens (including phenoxy) is 1. The van der Waals surface area contributed by atoms with Crippen molar-refractivity contribution in [2.45, 2.75) is 19.7 Å². The third kappa shape index (κ3) is 4.18. The van der Waals surface area contributed by atoms with Gasteiger partial charge in [-0.2, -0.15) is 5.26 Å². The Morgan fingerprint density at radius 1 is 1.21 bits per heavy atom. The molecule has 0 radical (unpaired) electrons. The lowest BCUT2D eigenvalue weighted by Crippen LogP contribution is -2.11. The van der Waals surface area contributed by atoms with Crippen molar-refractivity contribution in [3.63, 3.8) is 0 Å². The van der Waals surface area contributed by atoms with Gasteiger partial charge >= 0.3 is 0 Å². The van der Waals surface area contributed by atoms with Crippen LogP contribution in [0.2, 0.25) is 0 Å². The van der Waals surface area contributed by atoms with Crippen molar-refractivity contribution < 1.29 is 4.74 Å². The summed E-state index contributed by atoms with van der Waals surface area (Å²) in [6.45, 7) is 2.25. The molecule has 98 valence electrons. The Bertz CT molecular complexity index is 572. The van der Waals surface area contributed by atoms with Crippen LogP contribution in [0.15, 0.2) is 36.4 Å². The third-order valence-corrected chi connectivity index (χ3v) is 3.69. The zero-order valence-corrected chi connectivity index (χ0v) is 11.7. The summed E-state index contributed by atoms with van der Waals surface area (Å²) in [5.41, 5.74) is 2.43. The van der Waals surface area contributed by atoms with Crippen LogP contribution >= 0.6 is 11.3 Å². The van der Waals surface area contributed by atoms with Crippen molar-refractivity contribution in [1.82, 2.24) is 5.32 Å². The number of rotatable bonds is 6. The van der Waals surface area contributed by atoms with Gasteiger partial charge in [0.05, 0.1) is 6.61 Å². The number of methoxy groups -OCH3 is 1. The van der Waals surface area contributed by atoms with E-state index in [0.29, 0.717) is 6.61 Å². The molecule has 0 bridgehead atoms. The molecule has 0 atom stereocenters. The lowest BCUT2D eigenvalue weighted by atomic mass is 10.1. The summed E-state index contributed by atoms with van der Waals surface area (Å²) in [5, 5.41) is 12.1. The summed E-state index contributed by atoms with van der Waals surface area (Å²) in [5.74, 6) is 0. The Balaban J connectivity index is 1.85. The first kappa shape index (κ1) is 13.8. The lowest BCUT2D eigenvalue weighted by Gasteiger charge is -2.06. The molecule has 2 rings (SSSR count). The van der Waals surface area contributed by atoms with E-state index in [-0.39, 0.29) is 0 Å². The van der Waals surface area contributed by atoms with Crippen LogP contribution in [0.1, 0.15) is 20.9 Å². The molecule has 0 spiro atoms. The van der Waals surface area contributed by atoms with E-state index in [2.05, 4.69) is 29.6 Å². The van der Waals surface area contributed by atoms with Gasteiger partial charge in [0.15, 0.2) is 0 Å². The Morgan fingerprint density at radius 3 is 2.79 bits per heavy atom. The largest absolute Gasteiger partial charge is 0.380 e. The molecule has 19 heavy (non-hydrogen) atoms. The Morgan fingerprint density at radius 2 is 2.05 bits per heavy atom. The molecule has 1 N–H and O–H groups in total. The van der Waals surface area contributed by atoms with E-state index in [1.807, 2.05) is 18.2 Å². The highest BCUT2D eigenvalue weighted by atomic mass is 32.1. The van der Waals surface area contributed by atoms with Gasteiger partial charge in [-0.05, 0) is 23.3 Å². The maximum Gasteiger partial charge on any atom is 0.110 e. The van der Waals surface area contributed by atoms with Crippen molar-refractivity contribution >= 4 is 11.3 Å². The summed E-state index contributed by atoms with van der Waals surface area (Å²) in [6, 6.07) is 14.4. The van der Waals surface area contributed by atoms with Gasteiger partial charge in [0.25, 0.3) is 0 Å². The van der Waals surface area contributed by atoms with Crippen LogP contribution < -0.4 is 5.32 Å². The van der Waals surface area contributed by atoms with Crippen LogP contribution in [-0.2, 0) is 24.4 Å². The van der Waals surface area contributed by atoms with E-state index in [1.54, 1.807) is 7.11 Å². The normalized spacial score (nSPS) is 10.3. The zero-order chi connectivity index (χ0) is 13.5. The number of thiophene rings is 1. The van der Waals surface area contributed by atoms with Crippen molar-refractivity contribution in [1.29, 1.82) is 5.26 Å². The van der Waals surface area contributed by atoms with Gasteiger partial charge in [0.1, 0.15) is 10.9 Å². The molecule has 1 aromatic heterocycles. The molecule has 1 heterocycles. The minimum Gasteiger partial charge on any atom is -0.380 e. The second-order valence-corrected chi connectivity index (χ2v) is 5.40. The quantitative estimate of drug-likeness (QED) is 0.879. The van der Waals surface area contributed by atoms with E-state index >= 15 is 0 Å². The van der Waals surface area contributed by atoms with E-state index in [1.165, 1.54) is 27.3 Å². The van der Waals surface area contributed by atoms with Gasteiger partial charge in [-0.15, -0.1) is 11.3 Å². The van der Waals surface area contributed by atoms with Crippen LogP contribution in [0, 0.1) is 11.3 Å². The van der Waals surface area contributed by atoms with E-state index in [9.17, 15) is 0 Å². The minimum atomic E-state index is 0.643. The number of hydrogen-bond donors (Lipinski definition) is 1. The molecule has 3 nitrogen and oxygen atoms in total. The molecular formula is C15H16N2OS. The van der Waals surface area contributed by atoms with Gasteiger partial charge in [-0.25, -0.2) is 0 Å². The Kier molecular flexibility index (Phi) is 5.10. The maximum absolute atomic E-state index is 8.76. The van der Waals surface area contributed by atoms with Crippen LogP contribution in [0.25, 0.3) is 0 Å². The average molecular weight is 272 g/mol. The number of nitriles is 1. The molecule has 0 aliphatic heterocycles. The molecule has 1 aromatic carbocycles. The average Bonchev–Trinajstić information content (AvgIpc) is 2.88.